The Morgan fingerprint density at radius 2 is 1.69 bits per heavy atom. The van der Waals surface area contributed by atoms with E-state index < -0.39 is 24.1 Å². The van der Waals surface area contributed by atoms with Crippen molar-refractivity contribution in [3.8, 4) is 0 Å². The smallest absolute Gasteiger partial charge is 0.294 e. The van der Waals surface area contributed by atoms with E-state index >= 15 is 0 Å². The van der Waals surface area contributed by atoms with E-state index in [0.29, 0.717) is 5.56 Å². The summed E-state index contributed by atoms with van der Waals surface area (Å²) >= 11 is 0. The molecule has 0 aliphatic heterocycles. The van der Waals surface area contributed by atoms with Crippen LogP contribution in [0.4, 0.5) is 0 Å². The van der Waals surface area contributed by atoms with E-state index in [2.05, 4.69) is 9.78 Å². The highest BCUT2D eigenvalue weighted by atomic mass is 17.2. The van der Waals surface area contributed by atoms with Crippen molar-refractivity contribution in [2.45, 2.75) is 13.3 Å². The van der Waals surface area contributed by atoms with Crippen molar-refractivity contribution < 1.29 is 24.2 Å². The Morgan fingerprint density at radius 1 is 1.06 bits per heavy atom. The van der Waals surface area contributed by atoms with E-state index in [9.17, 15) is 14.4 Å². The van der Waals surface area contributed by atoms with Crippen molar-refractivity contribution in [3.63, 3.8) is 0 Å². The van der Waals surface area contributed by atoms with E-state index in [1.165, 1.54) is 0 Å². The van der Waals surface area contributed by atoms with Crippen LogP contribution in [0.2, 0.25) is 0 Å². The standard InChI is InChI=1S/C11H10O5/c1-8(12)15-16-11(14)7-10(13)9-5-3-2-4-6-9/h2-6H,7H2,1H3. The summed E-state index contributed by atoms with van der Waals surface area (Å²) in [4.78, 5) is 40.9. The third-order valence-electron chi connectivity index (χ3n) is 1.65. The molecule has 1 aromatic rings. The number of hydrogen-bond donors (Lipinski definition) is 0. The third-order valence-corrected chi connectivity index (χ3v) is 1.65. The van der Waals surface area contributed by atoms with Gasteiger partial charge in [0.1, 0.15) is 6.42 Å². The van der Waals surface area contributed by atoms with Crippen LogP contribution in [0.3, 0.4) is 0 Å². The first-order valence-electron chi connectivity index (χ1n) is 4.56. The summed E-state index contributed by atoms with van der Waals surface area (Å²) in [5, 5.41) is 0. The Morgan fingerprint density at radius 3 is 2.25 bits per heavy atom. The summed E-state index contributed by atoms with van der Waals surface area (Å²) in [7, 11) is 0. The fourth-order valence-corrected chi connectivity index (χ4v) is 0.992. The highest BCUT2D eigenvalue weighted by Crippen LogP contribution is 2.03. The van der Waals surface area contributed by atoms with Crippen molar-refractivity contribution in [1.82, 2.24) is 0 Å². The molecule has 0 aliphatic rings. The first-order chi connectivity index (χ1) is 7.59. The maximum atomic E-state index is 11.5. The van der Waals surface area contributed by atoms with Gasteiger partial charge in [0.15, 0.2) is 5.78 Å². The molecule has 1 aromatic carbocycles. The fourth-order valence-electron chi connectivity index (χ4n) is 0.992. The number of Topliss-reactive ketones (excluding diaryl/α,β-unsaturated/α-hetero) is 1. The number of benzene rings is 1. The molecule has 5 nitrogen and oxygen atoms in total. The van der Waals surface area contributed by atoms with Crippen LogP contribution in [-0.2, 0) is 19.4 Å². The SMILES string of the molecule is CC(=O)OOC(=O)CC(=O)c1ccccc1. The second-order valence-electron chi connectivity index (χ2n) is 3.00. The molecule has 0 bridgehead atoms. The molecule has 0 saturated carbocycles. The monoisotopic (exact) mass is 222 g/mol. The van der Waals surface area contributed by atoms with Gasteiger partial charge in [-0.3, -0.25) is 4.79 Å². The van der Waals surface area contributed by atoms with Crippen molar-refractivity contribution >= 4 is 17.7 Å². The van der Waals surface area contributed by atoms with Crippen molar-refractivity contribution in [1.29, 1.82) is 0 Å². The van der Waals surface area contributed by atoms with Gasteiger partial charge < -0.3 is 0 Å². The van der Waals surface area contributed by atoms with Gasteiger partial charge in [0.05, 0.1) is 0 Å². The summed E-state index contributed by atoms with van der Waals surface area (Å²) < 4.78 is 0. The summed E-state index contributed by atoms with van der Waals surface area (Å²) in [6.45, 7) is 1.09. The number of rotatable bonds is 3. The molecule has 0 amide bonds. The second kappa shape index (κ2) is 5.65. The van der Waals surface area contributed by atoms with Crippen LogP contribution >= 0.6 is 0 Å². The minimum absolute atomic E-state index is 0.391. The highest BCUT2D eigenvalue weighted by Gasteiger charge is 2.14. The van der Waals surface area contributed by atoms with Gasteiger partial charge in [-0.1, -0.05) is 30.3 Å². The molecular weight excluding hydrogens is 212 g/mol. The van der Waals surface area contributed by atoms with E-state index in [1.807, 2.05) is 0 Å². The lowest BCUT2D eigenvalue weighted by atomic mass is 10.1. The molecule has 0 N–H and O–H groups in total. The van der Waals surface area contributed by atoms with E-state index in [1.54, 1.807) is 30.3 Å². The van der Waals surface area contributed by atoms with Crippen LogP contribution in [0.15, 0.2) is 30.3 Å². The van der Waals surface area contributed by atoms with Gasteiger partial charge in [-0.25, -0.2) is 19.4 Å². The topological polar surface area (TPSA) is 69.7 Å². The molecule has 0 spiro atoms. The zero-order valence-electron chi connectivity index (χ0n) is 8.64. The molecule has 0 atom stereocenters. The molecule has 0 aliphatic carbocycles. The molecule has 0 unspecified atom stereocenters. The van der Waals surface area contributed by atoms with Crippen LogP contribution in [0, 0.1) is 0 Å². The summed E-state index contributed by atoms with van der Waals surface area (Å²) in [5.74, 6) is -2.04. The molecule has 16 heavy (non-hydrogen) atoms. The van der Waals surface area contributed by atoms with Crippen molar-refractivity contribution in [2.75, 3.05) is 0 Å². The van der Waals surface area contributed by atoms with Crippen LogP contribution < -0.4 is 0 Å². The van der Waals surface area contributed by atoms with Crippen LogP contribution in [-0.4, -0.2) is 17.7 Å². The Kier molecular flexibility index (Phi) is 4.20. The highest BCUT2D eigenvalue weighted by molar-refractivity contribution is 6.05. The van der Waals surface area contributed by atoms with Gasteiger partial charge in [0.25, 0.3) is 0 Å². The molecule has 0 fully saturated rings. The quantitative estimate of drug-likeness (QED) is 0.333. The van der Waals surface area contributed by atoms with Gasteiger partial charge in [-0.2, -0.15) is 0 Å². The van der Waals surface area contributed by atoms with E-state index in [0.717, 1.165) is 6.92 Å². The third kappa shape index (κ3) is 3.91. The van der Waals surface area contributed by atoms with E-state index in [4.69, 9.17) is 0 Å². The summed E-state index contributed by atoms with van der Waals surface area (Å²) in [6, 6.07) is 8.30. The lowest BCUT2D eigenvalue weighted by Gasteiger charge is -2.00. The molecule has 0 aromatic heterocycles. The lowest BCUT2D eigenvalue weighted by Crippen LogP contribution is -2.13. The predicted molar refractivity (Wildman–Crippen MR) is 53.2 cm³/mol. The first-order valence-corrected chi connectivity index (χ1v) is 4.56. The molecular formula is C11H10O5. The average Bonchev–Trinajstić information content (AvgIpc) is 2.27. The summed E-state index contributed by atoms with van der Waals surface area (Å²) in [5.41, 5.74) is 0.405. The van der Waals surface area contributed by atoms with Gasteiger partial charge in [0, 0.05) is 12.5 Å². The Bertz CT molecular complexity index is 396. The fraction of sp³-hybridized carbons (Fsp3) is 0.182. The van der Waals surface area contributed by atoms with E-state index in [-0.39, 0.29) is 0 Å². The van der Waals surface area contributed by atoms with Crippen molar-refractivity contribution in [3.05, 3.63) is 35.9 Å². The zero-order valence-corrected chi connectivity index (χ0v) is 8.64. The Labute approximate surface area is 91.9 Å². The molecule has 0 radical (unpaired) electrons. The molecule has 0 heterocycles. The number of carbonyl (C=O) groups excluding carboxylic acids is 3. The van der Waals surface area contributed by atoms with Crippen LogP contribution in [0.25, 0.3) is 0 Å². The van der Waals surface area contributed by atoms with Crippen molar-refractivity contribution in [2.24, 2.45) is 0 Å². The summed E-state index contributed by atoms with van der Waals surface area (Å²) in [6.07, 6.45) is -0.461. The number of carbonyl (C=O) groups is 3. The minimum Gasteiger partial charge on any atom is -0.294 e. The maximum absolute atomic E-state index is 11.5. The van der Waals surface area contributed by atoms with Gasteiger partial charge >= 0.3 is 11.9 Å². The number of ketones is 1. The molecule has 84 valence electrons. The lowest BCUT2D eigenvalue weighted by molar-refractivity contribution is -0.256. The van der Waals surface area contributed by atoms with Crippen LogP contribution in [0.1, 0.15) is 23.7 Å². The number of hydrogen-bond acceptors (Lipinski definition) is 5. The molecule has 5 heteroatoms. The zero-order chi connectivity index (χ0) is 12.0. The molecule has 1 rings (SSSR count). The minimum atomic E-state index is -0.899. The first kappa shape index (κ1) is 11.9. The van der Waals surface area contributed by atoms with Crippen LogP contribution in [0.5, 0.6) is 0 Å². The maximum Gasteiger partial charge on any atom is 0.363 e. The Hall–Kier alpha value is -2.17. The predicted octanol–water partition coefficient (Wildman–Crippen LogP) is 1.28. The average molecular weight is 222 g/mol. The van der Waals surface area contributed by atoms with Gasteiger partial charge in [0.2, 0.25) is 0 Å². The Balaban J connectivity index is 2.46. The normalized spacial score (nSPS) is 9.31. The van der Waals surface area contributed by atoms with Gasteiger partial charge in [-0.05, 0) is 0 Å². The largest absolute Gasteiger partial charge is 0.363 e. The second-order valence-corrected chi connectivity index (χ2v) is 3.00. The molecule has 0 saturated heterocycles. The van der Waals surface area contributed by atoms with Gasteiger partial charge in [-0.15, -0.1) is 0 Å².